The third-order valence-corrected chi connectivity index (χ3v) is 5.44. The summed E-state index contributed by atoms with van der Waals surface area (Å²) in [4.78, 5) is 13.4. The van der Waals surface area contributed by atoms with Crippen molar-refractivity contribution in [3.8, 4) is 0 Å². The van der Waals surface area contributed by atoms with Gasteiger partial charge in [0.1, 0.15) is 0 Å². The number of hydrogen-bond acceptors (Lipinski definition) is 1. The lowest BCUT2D eigenvalue weighted by Crippen LogP contribution is -2.74. The molecule has 1 aromatic carbocycles. The van der Waals surface area contributed by atoms with Crippen LogP contribution in [-0.4, -0.2) is 71.5 Å². The number of carbonyl (C=O) groups excluding carboxylic acids is 1. The Morgan fingerprint density at radius 2 is 0.950 bits per heavy atom. The van der Waals surface area contributed by atoms with Gasteiger partial charge in [-0.1, -0.05) is 18.2 Å². The normalized spacial score (nSPS) is 15.1. The van der Waals surface area contributed by atoms with Crippen molar-refractivity contribution in [3.05, 3.63) is 41.5 Å². The first-order valence-corrected chi connectivity index (χ1v) is 10.4. The van der Waals surface area contributed by atoms with E-state index in [-0.39, 0.29) is 24.7 Å². The summed E-state index contributed by atoms with van der Waals surface area (Å²) in [6.45, 7) is 3.60. The Morgan fingerprint density at radius 1 is 0.600 bits per heavy atom. The fourth-order valence-corrected chi connectivity index (χ4v) is 2.91. The van der Waals surface area contributed by atoms with Gasteiger partial charge in [-0.15, -0.1) is 0 Å². The van der Waals surface area contributed by atoms with Crippen molar-refractivity contribution in [2.45, 2.75) is 61.5 Å². The number of rotatable bonds is 11. The third kappa shape index (κ3) is 5.31. The van der Waals surface area contributed by atoms with Gasteiger partial charge in [0.05, 0.1) is 0 Å². The predicted molar refractivity (Wildman–Crippen MR) is 103 cm³/mol. The van der Waals surface area contributed by atoms with Gasteiger partial charge < -0.3 is 4.90 Å². The Hall–Kier alpha value is -2.76. The van der Waals surface area contributed by atoms with Crippen LogP contribution < -0.4 is 0 Å². The first kappa shape index (κ1) is 35.3. The number of alkyl halides is 17. The van der Waals surface area contributed by atoms with E-state index in [4.69, 9.17) is 0 Å². The maximum atomic E-state index is 14.0. The van der Waals surface area contributed by atoms with Crippen molar-refractivity contribution in [2.24, 2.45) is 0 Å². The van der Waals surface area contributed by atoms with Crippen LogP contribution >= 0.6 is 0 Å². The van der Waals surface area contributed by atoms with Crippen LogP contribution in [0.15, 0.2) is 30.3 Å². The smallest absolute Gasteiger partial charge is 0.339 e. The van der Waals surface area contributed by atoms with Crippen LogP contribution in [-0.2, 0) is 0 Å². The first-order chi connectivity index (χ1) is 17.6. The molecule has 19 heteroatoms. The van der Waals surface area contributed by atoms with Crippen molar-refractivity contribution >= 4 is 12.0 Å². The number of hydrogen-bond donors (Lipinski definition) is 0. The van der Waals surface area contributed by atoms with Crippen LogP contribution in [0.2, 0.25) is 0 Å². The van der Waals surface area contributed by atoms with E-state index in [1.54, 1.807) is 13.8 Å². The molecule has 0 N–H and O–H groups in total. The van der Waals surface area contributed by atoms with Crippen LogP contribution in [0.1, 0.15) is 29.8 Å². The summed E-state index contributed by atoms with van der Waals surface area (Å²) < 4.78 is 226. The number of benzene rings is 1. The summed E-state index contributed by atoms with van der Waals surface area (Å²) in [5.41, 5.74) is -0.703. The Kier molecular flexibility index (Phi) is 9.32. The minimum absolute atomic E-state index is 0.0945. The molecule has 0 unspecified atom stereocenters. The molecule has 0 saturated carbocycles. The number of allylic oxidation sites excluding steroid dienone is 1. The fraction of sp³-hybridized carbons (Fsp3) is 0.571. The van der Waals surface area contributed by atoms with Crippen LogP contribution in [0.25, 0.3) is 6.08 Å². The molecule has 0 aliphatic carbocycles. The lowest BCUT2D eigenvalue weighted by Gasteiger charge is -2.42. The molecule has 0 heterocycles. The zero-order valence-electron chi connectivity index (χ0n) is 19.7. The second-order valence-corrected chi connectivity index (χ2v) is 8.00. The molecule has 0 radical (unpaired) electrons. The highest BCUT2D eigenvalue weighted by Crippen LogP contribution is 2.64. The summed E-state index contributed by atoms with van der Waals surface area (Å²) in [6.07, 6.45) is -9.23. The van der Waals surface area contributed by atoms with Gasteiger partial charge in [-0.3, -0.25) is 4.79 Å². The lowest BCUT2D eigenvalue weighted by molar-refractivity contribution is -0.459. The summed E-state index contributed by atoms with van der Waals surface area (Å²) in [6, 6.07) is 3.34. The molecule has 40 heavy (non-hydrogen) atoms. The molecule has 0 aliphatic heterocycles. The van der Waals surface area contributed by atoms with Crippen LogP contribution in [0, 0.1) is 0 Å². The SMILES string of the molecule is CCN(CC)C(=O)c1ccc(C=CC(F)(F)C(F)(F)C(F)(F)C(F)(F)C(F)(F)C(F)(F)C(F)(F)C(F)(F)F)cc1. The largest absolute Gasteiger partial charge is 0.460 e. The van der Waals surface area contributed by atoms with Gasteiger partial charge >= 0.3 is 47.6 Å². The average Bonchev–Trinajstić information content (AvgIpc) is 2.82. The highest BCUT2D eigenvalue weighted by molar-refractivity contribution is 5.94. The molecular formula is C21H16F17NO. The van der Waals surface area contributed by atoms with E-state index in [0.29, 0.717) is 0 Å². The average molecular weight is 621 g/mol. The van der Waals surface area contributed by atoms with E-state index < -0.39 is 65.2 Å². The highest BCUT2D eigenvalue weighted by atomic mass is 19.4. The number of carbonyl (C=O) groups is 1. The van der Waals surface area contributed by atoms with Crippen molar-refractivity contribution in [1.82, 2.24) is 4.90 Å². The molecule has 0 fully saturated rings. The minimum Gasteiger partial charge on any atom is -0.339 e. The molecule has 0 spiro atoms. The maximum Gasteiger partial charge on any atom is 0.460 e. The van der Waals surface area contributed by atoms with E-state index in [0.717, 1.165) is 24.3 Å². The molecule has 230 valence electrons. The van der Waals surface area contributed by atoms with E-state index in [2.05, 4.69) is 0 Å². The van der Waals surface area contributed by atoms with Crippen LogP contribution in [0.5, 0.6) is 0 Å². The van der Waals surface area contributed by atoms with Crippen molar-refractivity contribution in [1.29, 1.82) is 0 Å². The molecule has 0 atom stereocenters. The molecule has 0 aliphatic rings. The Morgan fingerprint density at radius 3 is 1.30 bits per heavy atom. The second-order valence-electron chi connectivity index (χ2n) is 8.00. The van der Waals surface area contributed by atoms with Gasteiger partial charge in [-0.25, -0.2) is 0 Å². The monoisotopic (exact) mass is 621 g/mol. The Bertz CT molecular complexity index is 1070. The molecule has 0 aromatic heterocycles. The molecular weight excluding hydrogens is 605 g/mol. The van der Waals surface area contributed by atoms with Gasteiger partial charge in [0.15, 0.2) is 0 Å². The first-order valence-electron chi connectivity index (χ1n) is 10.4. The highest BCUT2D eigenvalue weighted by Gasteiger charge is 2.95. The number of nitrogens with zero attached hydrogens (tertiary/aromatic N) is 1. The van der Waals surface area contributed by atoms with Crippen molar-refractivity contribution in [2.75, 3.05) is 13.1 Å². The number of halogens is 17. The van der Waals surface area contributed by atoms with E-state index in [1.807, 2.05) is 0 Å². The summed E-state index contributed by atoms with van der Waals surface area (Å²) in [5, 5.41) is 0. The summed E-state index contributed by atoms with van der Waals surface area (Å²) in [7, 11) is 0. The quantitative estimate of drug-likeness (QED) is 0.228. The topological polar surface area (TPSA) is 20.3 Å². The zero-order chi connectivity index (χ0) is 32.0. The zero-order valence-corrected chi connectivity index (χ0v) is 19.7. The second kappa shape index (κ2) is 10.6. The summed E-state index contributed by atoms with van der Waals surface area (Å²) >= 11 is 0. The fourth-order valence-electron chi connectivity index (χ4n) is 2.91. The Balaban J connectivity index is 3.47. The van der Waals surface area contributed by atoms with Gasteiger partial charge in [0, 0.05) is 18.7 Å². The molecule has 0 saturated heterocycles. The minimum atomic E-state index is -8.67. The Labute approximate surface area is 213 Å². The van der Waals surface area contributed by atoms with Crippen molar-refractivity contribution in [3.63, 3.8) is 0 Å². The molecule has 0 bridgehead atoms. The maximum absolute atomic E-state index is 14.0. The van der Waals surface area contributed by atoms with Crippen LogP contribution in [0.4, 0.5) is 74.6 Å². The van der Waals surface area contributed by atoms with Gasteiger partial charge in [-0.2, -0.15) is 74.6 Å². The van der Waals surface area contributed by atoms with Crippen molar-refractivity contribution < 1.29 is 79.4 Å². The standard InChI is InChI=1S/C21H16F17NO/c1-3-39(4-2)13(40)12-7-5-11(6-8-12)9-10-14(22,23)15(24,25)16(26,27)17(28,29)18(30,31)19(32,33)20(34,35)21(36,37)38/h5-10H,3-4H2,1-2H3. The summed E-state index contributed by atoms with van der Waals surface area (Å²) in [5.74, 6) is -57.4. The van der Waals surface area contributed by atoms with E-state index in [9.17, 15) is 79.4 Å². The van der Waals surface area contributed by atoms with Crippen LogP contribution in [0.3, 0.4) is 0 Å². The third-order valence-electron chi connectivity index (χ3n) is 5.44. The van der Waals surface area contributed by atoms with Gasteiger partial charge in [0.25, 0.3) is 5.91 Å². The molecule has 1 rings (SSSR count). The molecule has 1 amide bonds. The predicted octanol–water partition coefficient (Wildman–Crippen LogP) is 8.19. The molecule has 1 aromatic rings. The lowest BCUT2D eigenvalue weighted by atomic mass is 9.89. The van der Waals surface area contributed by atoms with E-state index in [1.165, 1.54) is 4.90 Å². The van der Waals surface area contributed by atoms with Gasteiger partial charge in [-0.05, 0) is 37.6 Å². The molecule has 2 nitrogen and oxygen atoms in total. The number of amides is 1. The van der Waals surface area contributed by atoms with E-state index >= 15 is 0 Å². The van der Waals surface area contributed by atoms with Gasteiger partial charge in [0.2, 0.25) is 0 Å².